The zero-order valence-corrected chi connectivity index (χ0v) is 17.7. The molecule has 2 N–H and O–H groups in total. The van der Waals surface area contributed by atoms with Gasteiger partial charge in [-0.3, -0.25) is 9.89 Å². The van der Waals surface area contributed by atoms with E-state index >= 15 is 0 Å². The third kappa shape index (κ3) is 5.63. The molecule has 2 heterocycles. The van der Waals surface area contributed by atoms with Gasteiger partial charge in [-0.05, 0) is 48.7 Å². The molecule has 0 saturated heterocycles. The molecule has 0 aliphatic heterocycles. The monoisotopic (exact) mass is 450 g/mol. The van der Waals surface area contributed by atoms with Crippen LogP contribution in [-0.4, -0.2) is 21.9 Å². The molecule has 0 aliphatic rings. The van der Waals surface area contributed by atoms with Gasteiger partial charge in [0.25, 0.3) is 5.91 Å². The number of hydrogen-bond donors (Lipinski definition) is 2. The number of carbonyl (C=O) groups is 1. The lowest BCUT2D eigenvalue weighted by atomic mass is 10.0. The summed E-state index contributed by atoms with van der Waals surface area (Å²) in [4.78, 5) is 17.0. The van der Waals surface area contributed by atoms with Crippen molar-refractivity contribution < 1.29 is 26.8 Å². The summed E-state index contributed by atoms with van der Waals surface area (Å²) in [6.07, 6.45) is -3.71. The highest BCUT2D eigenvalue weighted by Crippen LogP contribution is 2.34. The molecule has 1 unspecified atom stereocenters. The molecule has 1 amide bonds. The quantitative estimate of drug-likeness (QED) is 0.273. The molecule has 1 atom stereocenters. The van der Waals surface area contributed by atoms with E-state index in [1.165, 1.54) is 19.1 Å². The molecule has 2 aromatic heterocycles. The van der Waals surface area contributed by atoms with Gasteiger partial charge in [0.15, 0.2) is 5.82 Å². The highest BCUT2D eigenvalue weighted by Gasteiger charge is 2.40. The molecule has 3 aromatic rings. The fourth-order valence-corrected chi connectivity index (χ4v) is 2.97. The van der Waals surface area contributed by atoms with Crippen LogP contribution in [0, 0.1) is 18.7 Å². The maximum Gasteiger partial charge on any atom is 0.450 e. The van der Waals surface area contributed by atoms with Gasteiger partial charge in [-0.1, -0.05) is 20.3 Å². The lowest BCUT2D eigenvalue weighted by Gasteiger charge is -2.13. The summed E-state index contributed by atoms with van der Waals surface area (Å²) >= 11 is 0. The van der Waals surface area contributed by atoms with Gasteiger partial charge in [0.05, 0.1) is 11.3 Å². The number of alkyl halides is 3. The minimum Gasteiger partial charge on any atom is -0.456 e. The smallest absolute Gasteiger partial charge is 0.450 e. The van der Waals surface area contributed by atoms with E-state index < -0.39 is 23.4 Å². The Balaban J connectivity index is 1.88. The second-order valence-electron chi connectivity index (χ2n) is 7.47. The normalized spacial score (nSPS) is 13.3. The number of amidine groups is 1. The summed E-state index contributed by atoms with van der Waals surface area (Å²) in [5, 5.41) is 9.33. The van der Waals surface area contributed by atoms with Crippen molar-refractivity contribution in [2.24, 2.45) is 10.9 Å². The van der Waals surface area contributed by atoms with Crippen LogP contribution in [0.4, 0.5) is 23.4 Å². The summed E-state index contributed by atoms with van der Waals surface area (Å²) < 4.78 is 57.5. The Kier molecular flexibility index (Phi) is 6.81. The summed E-state index contributed by atoms with van der Waals surface area (Å²) in [6.45, 7) is 5.21. The number of aryl methyl sites for hydroxylation is 1. The summed E-state index contributed by atoms with van der Waals surface area (Å²) in [7, 11) is 0. The van der Waals surface area contributed by atoms with Crippen LogP contribution in [0.15, 0.2) is 45.8 Å². The molecule has 0 bridgehead atoms. The molecule has 0 fully saturated rings. The van der Waals surface area contributed by atoms with Crippen LogP contribution in [-0.2, 0) is 6.18 Å². The van der Waals surface area contributed by atoms with E-state index in [4.69, 9.17) is 4.42 Å². The molecule has 0 saturated carbocycles. The number of furan rings is 1. The lowest BCUT2D eigenvalue weighted by Crippen LogP contribution is -2.32. The molecular formula is C22H22F4N4O2. The number of nitrogens with zero attached hydrogens (tertiary/aromatic N) is 2. The van der Waals surface area contributed by atoms with E-state index in [-0.39, 0.29) is 29.1 Å². The molecule has 170 valence electrons. The van der Waals surface area contributed by atoms with Crippen molar-refractivity contribution in [3.05, 3.63) is 59.3 Å². The number of halogens is 4. The van der Waals surface area contributed by atoms with E-state index in [1.54, 1.807) is 18.2 Å². The zero-order valence-electron chi connectivity index (χ0n) is 17.7. The Morgan fingerprint density at radius 2 is 1.94 bits per heavy atom. The third-order valence-corrected chi connectivity index (χ3v) is 4.82. The number of H-pyrrole nitrogens is 1. The number of amides is 1. The minimum atomic E-state index is -4.80. The van der Waals surface area contributed by atoms with E-state index in [9.17, 15) is 22.4 Å². The second-order valence-corrected chi connectivity index (χ2v) is 7.47. The molecule has 1 aromatic carbocycles. The Morgan fingerprint density at radius 3 is 2.56 bits per heavy atom. The molecule has 32 heavy (non-hydrogen) atoms. The maximum absolute atomic E-state index is 13.2. The fourth-order valence-electron chi connectivity index (χ4n) is 2.97. The number of aromatic nitrogens is 2. The Labute approximate surface area is 181 Å². The van der Waals surface area contributed by atoms with Crippen LogP contribution in [0.3, 0.4) is 0 Å². The van der Waals surface area contributed by atoms with Gasteiger partial charge in [-0.15, -0.1) is 0 Å². The molecule has 0 aliphatic carbocycles. The number of aliphatic imine (C=N–C) groups is 1. The van der Waals surface area contributed by atoms with Crippen molar-refractivity contribution in [2.45, 2.75) is 39.8 Å². The molecule has 10 heteroatoms. The van der Waals surface area contributed by atoms with Crippen molar-refractivity contribution in [2.75, 3.05) is 0 Å². The zero-order chi connectivity index (χ0) is 23.5. The van der Waals surface area contributed by atoms with Crippen molar-refractivity contribution in [1.82, 2.24) is 15.5 Å². The molecule has 0 spiro atoms. The number of hydrogen-bond acceptors (Lipinski definition) is 4. The number of benzene rings is 1. The van der Waals surface area contributed by atoms with Crippen LogP contribution in [0.2, 0.25) is 0 Å². The van der Waals surface area contributed by atoms with Crippen LogP contribution in [0.5, 0.6) is 0 Å². The summed E-state index contributed by atoms with van der Waals surface area (Å²) in [5.41, 5.74) is 0.639. The average Bonchev–Trinajstić information content (AvgIpc) is 3.35. The van der Waals surface area contributed by atoms with Gasteiger partial charge in [-0.2, -0.15) is 18.3 Å². The van der Waals surface area contributed by atoms with Crippen LogP contribution < -0.4 is 5.32 Å². The highest BCUT2D eigenvalue weighted by atomic mass is 19.4. The van der Waals surface area contributed by atoms with Gasteiger partial charge in [0.1, 0.15) is 17.4 Å². The van der Waals surface area contributed by atoms with Gasteiger partial charge >= 0.3 is 6.18 Å². The summed E-state index contributed by atoms with van der Waals surface area (Å²) in [5.74, 6) is -2.22. The predicted molar refractivity (Wildman–Crippen MR) is 111 cm³/mol. The van der Waals surface area contributed by atoms with E-state index in [1.807, 2.05) is 13.8 Å². The van der Waals surface area contributed by atoms with Crippen LogP contribution in [0.1, 0.15) is 48.6 Å². The Morgan fingerprint density at radius 1 is 1.25 bits per heavy atom. The standard InChI is InChI=1S/C22H22F4N4O2/c1-4-12(2)9-18(28-21(31)16-10-13(3)32-20(16)22(24,25)26)27-19-11-17(29-30-19)14-5-7-15(23)8-6-14/h5-8,10-12H,4,9H2,1-3H3,(H2,27,28,29,30,31). The first-order valence-corrected chi connectivity index (χ1v) is 9.94. The lowest BCUT2D eigenvalue weighted by molar-refractivity contribution is -0.153. The topological polar surface area (TPSA) is 83.3 Å². The first kappa shape index (κ1) is 23.2. The van der Waals surface area contributed by atoms with E-state index in [0.29, 0.717) is 17.7 Å². The Hall–Kier alpha value is -3.43. The maximum atomic E-state index is 13.2. The van der Waals surface area contributed by atoms with Gasteiger partial charge in [0.2, 0.25) is 5.76 Å². The second kappa shape index (κ2) is 9.37. The number of aromatic amines is 1. The van der Waals surface area contributed by atoms with Gasteiger partial charge in [0, 0.05) is 12.5 Å². The Bertz CT molecular complexity index is 1110. The number of rotatable bonds is 6. The molecule has 6 nitrogen and oxygen atoms in total. The number of nitrogens with one attached hydrogen (secondary N) is 2. The molecular weight excluding hydrogens is 428 g/mol. The SMILES string of the molecule is CCC(C)CC(=Nc1cc(-c2ccc(F)cc2)[nH]n1)NC(=O)c1cc(C)oc1C(F)(F)F. The molecule has 0 radical (unpaired) electrons. The van der Waals surface area contributed by atoms with Gasteiger partial charge in [-0.25, -0.2) is 9.38 Å². The van der Waals surface area contributed by atoms with Crippen molar-refractivity contribution in [3.8, 4) is 11.3 Å². The first-order valence-electron chi connectivity index (χ1n) is 9.94. The third-order valence-electron chi connectivity index (χ3n) is 4.82. The van der Waals surface area contributed by atoms with Crippen LogP contribution in [0.25, 0.3) is 11.3 Å². The fraction of sp³-hybridized carbons (Fsp3) is 0.318. The largest absolute Gasteiger partial charge is 0.456 e. The highest BCUT2D eigenvalue weighted by molar-refractivity contribution is 6.07. The predicted octanol–water partition coefficient (Wildman–Crippen LogP) is 6.03. The van der Waals surface area contributed by atoms with Crippen LogP contribution >= 0.6 is 0 Å². The average molecular weight is 450 g/mol. The van der Waals surface area contributed by atoms with E-state index in [0.717, 1.165) is 12.5 Å². The minimum absolute atomic E-state index is 0.0286. The van der Waals surface area contributed by atoms with Crippen molar-refractivity contribution >= 4 is 17.6 Å². The van der Waals surface area contributed by atoms with Gasteiger partial charge < -0.3 is 9.73 Å². The first-order chi connectivity index (χ1) is 15.1. The number of carbonyl (C=O) groups excluding carboxylic acids is 1. The van der Waals surface area contributed by atoms with E-state index in [2.05, 4.69) is 20.5 Å². The molecule has 3 rings (SSSR count). The summed E-state index contributed by atoms with van der Waals surface area (Å²) in [6, 6.07) is 8.38. The van der Waals surface area contributed by atoms with Crippen molar-refractivity contribution in [3.63, 3.8) is 0 Å². The van der Waals surface area contributed by atoms with Crippen molar-refractivity contribution in [1.29, 1.82) is 0 Å².